The van der Waals surface area contributed by atoms with Crippen LogP contribution in [0, 0.1) is 0 Å². The first kappa shape index (κ1) is 14.2. The lowest BCUT2D eigenvalue weighted by molar-refractivity contribution is 0.444. The summed E-state index contributed by atoms with van der Waals surface area (Å²) in [6, 6.07) is 9.67. The molecule has 0 aliphatic rings. The lowest BCUT2D eigenvalue weighted by Crippen LogP contribution is -1.90. The van der Waals surface area contributed by atoms with E-state index in [1.165, 1.54) is 0 Å². The molecule has 0 N–H and O–H groups in total. The highest BCUT2D eigenvalue weighted by Crippen LogP contribution is 2.13. The second-order valence-electron chi connectivity index (χ2n) is 2.72. The molecule has 0 spiro atoms. The summed E-state index contributed by atoms with van der Waals surface area (Å²) in [5, 5.41) is 0. The van der Waals surface area contributed by atoms with Crippen molar-refractivity contribution in [2.24, 2.45) is 0 Å². The molecule has 1 aromatic carbocycles. The summed E-state index contributed by atoms with van der Waals surface area (Å²) >= 11 is 0. The highest BCUT2D eigenvalue weighted by molar-refractivity contribution is 5.27. The fraction of sp³-hybridized carbons (Fsp3) is 0.200. The van der Waals surface area contributed by atoms with Gasteiger partial charge in [0, 0.05) is 0 Å². The molecule has 0 aliphatic carbocycles. The number of allylic oxidation sites excluding steroid dienone is 4. The van der Waals surface area contributed by atoms with Gasteiger partial charge in [-0.05, 0) is 31.2 Å². The van der Waals surface area contributed by atoms with Crippen LogP contribution in [0.1, 0.15) is 20.8 Å². The molecule has 0 saturated heterocycles. The molecule has 1 rings (SSSR count). The van der Waals surface area contributed by atoms with Crippen LogP contribution in [0.15, 0.2) is 67.0 Å². The SMILES string of the molecule is C=C/C=C(\C=C/C)Oc1ccccc1.CC. The summed E-state index contributed by atoms with van der Waals surface area (Å²) < 4.78 is 5.60. The smallest absolute Gasteiger partial charge is 0.127 e. The molecule has 16 heavy (non-hydrogen) atoms. The standard InChI is InChI=1S/C13H14O.C2H6/c1-3-8-12(9-4-2)14-13-10-6-5-7-11-13;1-2/h3-11H,1H2,2H3;1-2H3/b9-4-,12-8+;. The summed E-state index contributed by atoms with van der Waals surface area (Å²) in [5.74, 6) is 1.62. The Morgan fingerprint density at radius 3 is 2.31 bits per heavy atom. The molecule has 0 bridgehead atoms. The predicted molar refractivity (Wildman–Crippen MR) is 71.5 cm³/mol. The summed E-state index contributed by atoms with van der Waals surface area (Å²) in [5.41, 5.74) is 0. The van der Waals surface area contributed by atoms with Crippen molar-refractivity contribution in [3.8, 4) is 5.75 Å². The predicted octanol–water partition coefficient (Wildman–Crippen LogP) is 4.74. The van der Waals surface area contributed by atoms with E-state index < -0.39 is 0 Å². The molecule has 86 valence electrons. The molecule has 0 aromatic heterocycles. The maximum absolute atomic E-state index is 5.60. The molecule has 0 atom stereocenters. The molecule has 1 nitrogen and oxygen atoms in total. The zero-order valence-corrected chi connectivity index (χ0v) is 10.3. The van der Waals surface area contributed by atoms with Crippen LogP contribution >= 0.6 is 0 Å². The van der Waals surface area contributed by atoms with Crippen LogP contribution in [-0.2, 0) is 0 Å². The minimum absolute atomic E-state index is 0.786. The number of hydrogen-bond acceptors (Lipinski definition) is 1. The van der Waals surface area contributed by atoms with Crippen molar-refractivity contribution in [3.63, 3.8) is 0 Å². The molecule has 1 heteroatoms. The fourth-order valence-electron chi connectivity index (χ4n) is 1.03. The molecule has 0 fully saturated rings. The van der Waals surface area contributed by atoms with Crippen LogP contribution in [0.2, 0.25) is 0 Å². The van der Waals surface area contributed by atoms with Gasteiger partial charge in [0.15, 0.2) is 0 Å². The van der Waals surface area contributed by atoms with Crippen LogP contribution in [-0.4, -0.2) is 0 Å². The Bertz CT molecular complexity index is 334. The van der Waals surface area contributed by atoms with Gasteiger partial charge < -0.3 is 4.74 Å². The van der Waals surface area contributed by atoms with Crippen molar-refractivity contribution in [1.82, 2.24) is 0 Å². The molecule has 1 aromatic rings. The van der Waals surface area contributed by atoms with E-state index in [-0.39, 0.29) is 0 Å². The van der Waals surface area contributed by atoms with Gasteiger partial charge >= 0.3 is 0 Å². The molecular weight excluding hydrogens is 196 g/mol. The second-order valence-corrected chi connectivity index (χ2v) is 2.72. The van der Waals surface area contributed by atoms with Crippen molar-refractivity contribution >= 4 is 0 Å². The normalized spacial score (nSPS) is 10.6. The van der Waals surface area contributed by atoms with Crippen LogP contribution in [0.5, 0.6) is 5.75 Å². The highest BCUT2D eigenvalue weighted by atomic mass is 16.5. The zero-order chi connectivity index (χ0) is 12.2. The van der Waals surface area contributed by atoms with Gasteiger partial charge in [-0.15, -0.1) is 0 Å². The Morgan fingerprint density at radius 1 is 1.19 bits per heavy atom. The molecule has 0 aliphatic heterocycles. The topological polar surface area (TPSA) is 9.23 Å². The maximum Gasteiger partial charge on any atom is 0.127 e. The maximum atomic E-state index is 5.60. The molecule has 0 heterocycles. The van der Waals surface area contributed by atoms with Crippen molar-refractivity contribution in [2.75, 3.05) is 0 Å². The lowest BCUT2D eigenvalue weighted by Gasteiger charge is -2.04. The van der Waals surface area contributed by atoms with Gasteiger partial charge in [-0.25, -0.2) is 0 Å². The summed E-state index contributed by atoms with van der Waals surface area (Å²) in [4.78, 5) is 0. The van der Waals surface area contributed by atoms with E-state index in [0.717, 1.165) is 11.5 Å². The van der Waals surface area contributed by atoms with Crippen LogP contribution in [0.25, 0.3) is 0 Å². The van der Waals surface area contributed by atoms with E-state index in [4.69, 9.17) is 4.74 Å². The third-order valence-electron chi connectivity index (χ3n) is 1.59. The van der Waals surface area contributed by atoms with E-state index in [0.29, 0.717) is 0 Å². The number of rotatable bonds is 4. The lowest BCUT2D eigenvalue weighted by atomic mass is 10.3. The summed E-state index contributed by atoms with van der Waals surface area (Å²) in [7, 11) is 0. The van der Waals surface area contributed by atoms with Crippen molar-refractivity contribution < 1.29 is 4.74 Å². The van der Waals surface area contributed by atoms with Crippen molar-refractivity contribution in [2.45, 2.75) is 20.8 Å². The largest absolute Gasteiger partial charge is 0.457 e. The van der Waals surface area contributed by atoms with Gasteiger partial charge in [0.25, 0.3) is 0 Å². The Balaban J connectivity index is 0.00000106. The molecule has 0 unspecified atom stereocenters. The molecule has 0 saturated carbocycles. The highest BCUT2D eigenvalue weighted by Gasteiger charge is 1.93. The first-order valence-corrected chi connectivity index (χ1v) is 5.55. The monoisotopic (exact) mass is 216 g/mol. The average molecular weight is 216 g/mol. The first-order chi connectivity index (χ1) is 7.86. The van der Waals surface area contributed by atoms with E-state index >= 15 is 0 Å². The summed E-state index contributed by atoms with van der Waals surface area (Å²) in [6.07, 6.45) is 7.36. The van der Waals surface area contributed by atoms with Crippen molar-refractivity contribution in [1.29, 1.82) is 0 Å². The van der Waals surface area contributed by atoms with E-state index in [9.17, 15) is 0 Å². The molecule has 0 amide bonds. The third-order valence-corrected chi connectivity index (χ3v) is 1.59. The average Bonchev–Trinajstić information content (AvgIpc) is 2.34. The quantitative estimate of drug-likeness (QED) is 0.522. The van der Waals surface area contributed by atoms with Gasteiger partial charge in [-0.2, -0.15) is 0 Å². The molecular formula is C15H20O. The van der Waals surface area contributed by atoms with E-state index in [1.807, 2.05) is 69.3 Å². The Labute approximate surface area is 98.8 Å². The van der Waals surface area contributed by atoms with Gasteiger partial charge in [0.1, 0.15) is 11.5 Å². The number of hydrogen-bond donors (Lipinski definition) is 0. The van der Waals surface area contributed by atoms with Crippen LogP contribution in [0.4, 0.5) is 0 Å². The van der Waals surface area contributed by atoms with Gasteiger partial charge in [-0.3, -0.25) is 0 Å². The third kappa shape index (κ3) is 5.86. The Morgan fingerprint density at radius 2 is 1.81 bits per heavy atom. The Hall–Kier alpha value is -1.76. The number of ether oxygens (including phenoxy) is 1. The van der Waals surface area contributed by atoms with Gasteiger partial charge in [0.2, 0.25) is 0 Å². The second kappa shape index (κ2) is 9.78. The zero-order valence-electron chi connectivity index (χ0n) is 10.3. The number of para-hydroxylation sites is 1. The van der Waals surface area contributed by atoms with Gasteiger partial charge in [0.05, 0.1) is 0 Å². The fourth-order valence-corrected chi connectivity index (χ4v) is 1.03. The first-order valence-electron chi connectivity index (χ1n) is 5.55. The minimum Gasteiger partial charge on any atom is -0.457 e. The molecule has 0 radical (unpaired) electrons. The summed E-state index contributed by atoms with van der Waals surface area (Å²) in [6.45, 7) is 9.58. The number of benzene rings is 1. The van der Waals surface area contributed by atoms with Crippen LogP contribution in [0.3, 0.4) is 0 Å². The van der Waals surface area contributed by atoms with Crippen LogP contribution < -0.4 is 4.74 Å². The van der Waals surface area contributed by atoms with Crippen molar-refractivity contribution in [3.05, 3.63) is 67.0 Å². The minimum atomic E-state index is 0.786. The Kier molecular flexibility index (Phi) is 8.71. The van der Waals surface area contributed by atoms with E-state index in [1.54, 1.807) is 6.08 Å². The van der Waals surface area contributed by atoms with E-state index in [2.05, 4.69) is 6.58 Å². The van der Waals surface area contributed by atoms with Gasteiger partial charge in [-0.1, -0.05) is 50.8 Å².